The molecule has 2 fully saturated rings. The summed E-state index contributed by atoms with van der Waals surface area (Å²) in [6, 6.07) is 8.26. The Hall–Kier alpha value is -2.12. The first-order valence-electron chi connectivity index (χ1n) is 10.1. The summed E-state index contributed by atoms with van der Waals surface area (Å²) in [6.07, 6.45) is 1.55. The molecule has 2 aliphatic rings. The minimum Gasteiger partial charge on any atom is -0.378 e. The highest BCUT2D eigenvalue weighted by atomic mass is 16.5. The van der Waals surface area contributed by atoms with Gasteiger partial charge in [-0.1, -0.05) is 12.1 Å². The van der Waals surface area contributed by atoms with E-state index in [1.165, 1.54) is 0 Å². The number of nitrogens with zero attached hydrogens (tertiary/aromatic N) is 4. The van der Waals surface area contributed by atoms with Gasteiger partial charge in [0.15, 0.2) is 0 Å². The molecule has 0 aliphatic carbocycles. The average Bonchev–Trinajstić information content (AvgIpc) is 3.23. The number of hydrogen-bond donors (Lipinski definition) is 0. The fourth-order valence-electron chi connectivity index (χ4n) is 3.68. The summed E-state index contributed by atoms with van der Waals surface area (Å²) >= 11 is 0. The van der Waals surface area contributed by atoms with Crippen LogP contribution in [0.3, 0.4) is 0 Å². The molecule has 1 atom stereocenters. The van der Waals surface area contributed by atoms with Gasteiger partial charge in [0.05, 0.1) is 6.54 Å². The third-order valence-corrected chi connectivity index (χ3v) is 5.55. The van der Waals surface area contributed by atoms with Crippen molar-refractivity contribution in [2.75, 3.05) is 65.4 Å². The average molecular weight is 389 g/mol. The van der Waals surface area contributed by atoms with Crippen molar-refractivity contribution in [2.24, 2.45) is 0 Å². The van der Waals surface area contributed by atoms with E-state index in [-0.39, 0.29) is 17.9 Å². The highest BCUT2D eigenvalue weighted by Gasteiger charge is 2.30. The molecular weight excluding hydrogens is 356 g/mol. The normalized spacial score (nSPS) is 20.2. The van der Waals surface area contributed by atoms with Crippen LogP contribution in [-0.4, -0.2) is 93.1 Å². The zero-order valence-corrected chi connectivity index (χ0v) is 17.3. The van der Waals surface area contributed by atoms with E-state index in [4.69, 9.17) is 4.74 Å². The quantitative estimate of drug-likeness (QED) is 0.729. The summed E-state index contributed by atoms with van der Waals surface area (Å²) in [5, 5.41) is 0. The van der Waals surface area contributed by atoms with Crippen molar-refractivity contribution in [3.63, 3.8) is 0 Å². The van der Waals surface area contributed by atoms with Gasteiger partial charge < -0.3 is 19.4 Å². The van der Waals surface area contributed by atoms with E-state index >= 15 is 0 Å². The second kappa shape index (κ2) is 9.39. The van der Waals surface area contributed by atoms with Crippen molar-refractivity contribution in [1.29, 1.82) is 0 Å². The molecule has 28 heavy (non-hydrogen) atoms. The van der Waals surface area contributed by atoms with Crippen molar-refractivity contribution in [1.82, 2.24) is 14.7 Å². The number of piperazine rings is 1. The molecule has 154 valence electrons. The smallest absolute Gasteiger partial charge is 0.251 e. The Morgan fingerprint density at radius 2 is 1.75 bits per heavy atom. The van der Waals surface area contributed by atoms with Crippen LogP contribution in [0.2, 0.25) is 0 Å². The van der Waals surface area contributed by atoms with Crippen molar-refractivity contribution in [3.05, 3.63) is 29.8 Å². The van der Waals surface area contributed by atoms with Crippen molar-refractivity contribution < 1.29 is 14.3 Å². The first-order valence-corrected chi connectivity index (χ1v) is 10.1. The minimum absolute atomic E-state index is 0.107. The van der Waals surface area contributed by atoms with E-state index in [2.05, 4.69) is 34.1 Å². The lowest BCUT2D eigenvalue weighted by Gasteiger charge is -2.36. The number of hydrogen-bond acceptors (Lipinski definition) is 5. The first kappa shape index (κ1) is 20.6. The highest BCUT2D eigenvalue weighted by Crippen LogP contribution is 2.16. The van der Waals surface area contributed by atoms with Crippen LogP contribution in [0.5, 0.6) is 0 Å². The molecular formula is C21H32N4O3. The van der Waals surface area contributed by atoms with Gasteiger partial charge in [-0.15, -0.1) is 0 Å². The maximum absolute atomic E-state index is 12.6. The molecule has 2 amide bonds. The van der Waals surface area contributed by atoms with E-state index in [0.717, 1.165) is 37.2 Å². The van der Waals surface area contributed by atoms with Gasteiger partial charge in [0.25, 0.3) is 5.91 Å². The third-order valence-electron chi connectivity index (χ3n) is 5.55. The molecule has 0 N–H and O–H groups in total. The van der Waals surface area contributed by atoms with Crippen molar-refractivity contribution in [3.8, 4) is 0 Å². The van der Waals surface area contributed by atoms with Crippen LogP contribution in [-0.2, 0) is 20.9 Å². The van der Waals surface area contributed by atoms with Gasteiger partial charge in [0.2, 0.25) is 5.91 Å². The predicted molar refractivity (Wildman–Crippen MR) is 109 cm³/mol. The monoisotopic (exact) mass is 388 g/mol. The number of carbonyl (C=O) groups is 2. The van der Waals surface area contributed by atoms with E-state index in [0.29, 0.717) is 32.8 Å². The Labute approximate surface area is 167 Å². The van der Waals surface area contributed by atoms with Gasteiger partial charge in [-0.25, -0.2) is 0 Å². The zero-order chi connectivity index (χ0) is 20.1. The van der Waals surface area contributed by atoms with Crippen LogP contribution in [0.25, 0.3) is 0 Å². The minimum atomic E-state index is -0.252. The number of ether oxygens (including phenoxy) is 1. The number of carbonyl (C=O) groups excluding carboxylic acids is 2. The van der Waals surface area contributed by atoms with Gasteiger partial charge in [0, 0.05) is 66.2 Å². The van der Waals surface area contributed by atoms with Gasteiger partial charge in [-0.05, 0) is 30.5 Å². The molecule has 0 saturated carbocycles. The van der Waals surface area contributed by atoms with Crippen LogP contribution in [0.15, 0.2) is 24.3 Å². The number of amides is 2. The van der Waals surface area contributed by atoms with Gasteiger partial charge >= 0.3 is 0 Å². The number of benzene rings is 1. The summed E-state index contributed by atoms with van der Waals surface area (Å²) in [5.74, 6) is 0.220. The van der Waals surface area contributed by atoms with Crippen LogP contribution >= 0.6 is 0 Å². The van der Waals surface area contributed by atoms with Gasteiger partial charge in [-0.3, -0.25) is 14.5 Å². The van der Waals surface area contributed by atoms with Crippen molar-refractivity contribution >= 4 is 17.5 Å². The summed E-state index contributed by atoms with van der Waals surface area (Å²) in [6.45, 7) is 4.49. The topological polar surface area (TPSA) is 56.3 Å². The molecule has 2 aliphatic heterocycles. The second-order valence-electron chi connectivity index (χ2n) is 7.91. The van der Waals surface area contributed by atoms with Crippen LogP contribution in [0.1, 0.15) is 18.4 Å². The number of rotatable bonds is 6. The Morgan fingerprint density at radius 1 is 1.07 bits per heavy atom. The standard InChI is InChI=1S/C21H32N4O3/c1-22(2)18-8-6-17(7-9-18)15-23(3)20(26)16-24-10-12-25(13-11-24)21(27)19-5-4-14-28-19/h6-9,19H,4-5,10-16H2,1-3H3. The lowest BCUT2D eigenvalue weighted by Crippen LogP contribution is -2.53. The van der Waals surface area contributed by atoms with Crippen molar-refractivity contribution in [2.45, 2.75) is 25.5 Å². The first-order chi connectivity index (χ1) is 13.4. The Balaban J connectivity index is 1.42. The number of anilines is 1. The van der Waals surface area contributed by atoms with Gasteiger partial charge in [0.1, 0.15) is 6.10 Å². The summed E-state index contributed by atoms with van der Waals surface area (Å²) in [5.41, 5.74) is 2.27. The van der Waals surface area contributed by atoms with E-state index < -0.39 is 0 Å². The molecule has 1 aromatic carbocycles. The molecule has 0 aromatic heterocycles. The maximum atomic E-state index is 12.6. The maximum Gasteiger partial charge on any atom is 0.251 e. The van der Waals surface area contributed by atoms with Gasteiger partial charge in [-0.2, -0.15) is 0 Å². The lowest BCUT2D eigenvalue weighted by atomic mass is 10.2. The van der Waals surface area contributed by atoms with Crippen LogP contribution in [0, 0.1) is 0 Å². The zero-order valence-electron chi connectivity index (χ0n) is 17.3. The largest absolute Gasteiger partial charge is 0.378 e. The molecule has 7 nitrogen and oxygen atoms in total. The Kier molecular flexibility index (Phi) is 6.91. The molecule has 2 heterocycles. The number of likely N-dealkylation sites (N-methyl/N-ethyl adjacent to an activating group) is 1. The second-order valence-corrected chi connectivity index (χ2v) is 7.91. The highest BCUT2D eigenvalue weighted by molar-refractivity contribution is 5.81. The Morgan fingerprint density at radius 3 is 2.32 bits per heavy atom. The molecule has 3 rings (SSSR count). The molecule has 0 bridgehead atoms. The molecule has 0 spiro atoms. The van der Waals surface area contributed by atoms with E-state index in [1.54, 1.807) is 4.90 Å². The molecule has 1 unspecified atom stereocenters. The third kappa shape index (κ3) is 5.23. The predicted octanol–water partition coefficient (Wildman–Crippen LogP) is 1.03. The molecule has 0 radical (unpaired) electrons. The van der Waals surface area contributed by atoms with E-state index in [1.807, 2.05) is 26.0 Å². The molecule has 1 aromatic rings. The summed E-state index contributed by atoms with van der Waals surface area (Å²) < 4.78 is 5.50. The van der Waals surface area contributed by atoms with Crippen LogP contribution in [0.4, 0.5) is 5.69 Å². The molecule has 7 heteroatoms. The Bertz CT molecular complexity index is 663. The fraction of sp³-hybridized carbons (Fsp3) is 0.619. The molecule has 2 saturated heterocycles. The summed E-state index contributed by atoms with van der Waals surface area (Å²) in [7, 11) is 5.87. The summed E-state index contributed by atoms with van der Waals surface area (Å²) in [4.78, 5) is 32.8. The lowest BCUT2D eigenvalue weighted by molar-refractivity contribution is -0.143. The fourth-order valence-corrected chi connectivity index (χ4v) is 3.68. The van der Waals surface area contributed by atoms with Crippen LogP contribution < -0.4 is 4.90 Å². The van der Waals surface area contributed by atoms with E-state index in [9.17, 15) is 9.59 Å². The SMILES string of the molecule is CN(Cc1ccc(N(C)C)cc1)C(=O)CN1CCN(C(=O)C2CCCO2)CC1.